The van der Waals surface area contributed by atoms with E-state index in [1.807, 2.05) is 6.07 Å². The van der Waals surface area contributed by atoms with Crippen LogP contribution in [0, 0.1) is 5.92 Å². The fourth-order valence-electron chi connectivity index (χ4n) is 2.72. The highest BCUT2D eigenvalue weighted by Gasteiger charge is 2.25. The van der Waals surface area contributed by atoms with Crippen molar-refractivity contribution < 1.29 is 8.42 Å². The second-order valence-corrected chi connectivity index (χ2v) is 9.46. The molecule has 2 unspecified atom stereocenters. The van der Waals surface area contributed by atoms with Gasteiger partial charge < -0.3 is 5.32 Å². The van der Waals surface area contributed by atoms with E-state index in [0.717, 1.165) is 30.7 Å². The SMILES string of the molecule is CC1CCCC(NS(=O)(=O)c2ccc(CNC(C)C)s2)C1. The van der Waals surface area contributed by atoms with Crippen LogP contribution in [0.15, 0.2) is 16.3 Å². The van der Waals surface area contributed by atoms with Crippen molar-refractivity contribution in [3.63, 3.8) is 0 Å². The van der Waals surface area contributed by atoms with Gasteiger partial charge in [0.15, 0.2) is 0 Å². The molecule has 6 heteroatoms. The van der Waals surface area contributed by atoms with Gasteiger partial charge in [-0.05, 0) is 30.9 Å². The highest BCUT2D eigenvalue weighted by molar-refractivity contribution is 7.91. The Labute approximate surface area is 132 Å². The first-order valence-electron chi connectivity index (χ1n) is 7.71. The summed E-state index contributed by atoms with van der Waals surface area (Å²) < 4.78 is 28.2. The molecule has 0 saturated heterocycles. The van der Waals surface area contributed by atoms with Gasteiger partial charge in [0.1, 0.15) is 4.21 Å². The van der Waals surface area contributed by atoms with Crippen molar-refractivity contribution in [2.24, 2.45) is 5.92 Å². The number of nitrogens with one attached hydrogen (secondary N) is 2. The highest BCUT2D eigenvalue weighted by Crippen LogP contribution is 2.27. The van der Waals surface area contributed by atoms with Gasteiger partial charge in [-0.25, -0.2) is 13.1 Å². The van der Waals surface area contributed by atoms with Crippen molar-refractivity contribution in [3.05, 3.63) is 17.0 Å². The third kappa shape index (κ3) is 5.06. The van der Waals surface area contributed by atoms with E-state index < -0.39 is 10.0 Å². The van der Waals surface area contributed by atoms with E-state index in [2.05, 4.69) is 30.8 Å². The molecule has 0 bridgehead atoms. The first-order chi connectivity index (χ1) is 9.87. The van der Waals surface area contributed by atoms with Gasteiger partial charge in [0.25, 0.3) is 0 Å². The lowest BCUT2D eigenvalue weighted by molar-refractivity contribution is 0.327. The highest BCUT2D eigenvalue weighted by atomic mass is 32.2. The van der Waals surface area contributed by atoms with Crippen molar-refractivity contribution in [2.45, 2.75) is 69.3 Å². The molecular formula is C15H26N2O2S2. The summed E-state index contributed by atoms with van der Waals surface area (Å²) >= 11 is 1.36. The molecule has 120 valence electrons. The first kappa shape index (κ1) is 16.9. The van der Waals surface area contributed by atoms with Gasteiger partial charge in [0.05, 0.1) is 0 Å². The van der Waals surface area contributed by atoms with E-state index in [-0.39, 0.29) is 6.04 Å². The summed E-state index contributed by atoms with van der Waals surface area (Å²) in [6, 6.07) is 4.11. The van der Waals surface area contributed by atoms with Crippen molar-refractivity contribution in [2.75, 3.05) is 0 Å². The van der Waals surface area contributed by atoms with Crippen LogP contribution in [0.5, 0.6) is 0 Å². The zero-order valence-corrected chi connectivity index (χ0v) is 14.7. The third-order valence-electron chi connectivity index (χ3n) is 3.84. The molecule has 1 aromatic heterocycles. The molecule has 1 heterocycles. The van der Waals surface area contributed by atoms with Crippen LogP contribution in [-0.4, -0.2) is 20.5 Å². The number of rotatable bonds is 6. The predicted octanol–water partition coefficient (Wildman–Crippen LogP) is 3.10. The van der Waals surface area contributed by atoms with Crippen molar-refractivity contribution >= 4 is 21.4 Å². The quantitative estimate of drug-likeness (QED) is 0.842. The Bertz CT molecular complexity index is 552. The average molecular weight is 331 g/mol. The Morgan fingerprint density at radius 3 is 2.76 bits per heavy atom. The van der Waals surface area contributed by atoms with Crippen molar-refractivity contribution in [1.82, 2.24) is 10.0 Å². The molecule has 1 saturated carbocycles. The van der Waals surface area contributed by atoms with Gasteiger partial charge in [0, 0.05) is 23.5 Å². The molecule has 21 heavy (non-hydrogen) atoms. The third-order valence-corrected chi connectivity index (χ3v) is 6.94. The van der Waals surface area contributed by atoms with Crippen LogP contribution in [0.3, 0.4) is 0 Å². The van der Waals surface area contributed by atoms with Crippen LogP contribution in [0.4, 0.5) is 0 Å². The van der Waals surface area contributed by atoms with Gasteiger partial charge in [-0.3, -0.25) is 0 Å². The molecule has 0 amide bonds. The summed E-state index contributed by atoms with van der Waals surface area (Å²) in [5, 5.41) is 3.31. The number of thiophene rings is 1. The Hall–Kier alpha value is -0.430. The first-order valence-corrected chi connectivity index (χ1v) is 10.0. The summed E-state index contributed by atoms with van der Waals surface area (Å²) in [4.78, 5) is 1.06. The Kier molecular flexibility index (Phi) is 5.82. The largest absolute Gasteiger partial charge is 0.310 e. The molecule has 1 fully saturated rings. The molecule has 0 radical (unpaired) electrons. The molecule has 1 aliphatic rings. The number of hydrogen-bond donors (Lipinski definition) is 2. The number of hydrogen-bond acceptors (Lipinski definition) is 4. The molecule has 4 nitrogen and oxygen atoms in total. The van der Waals surface area contributed by atoms with E-state index in [9.17, 15) is 8.42 Å². The molecule has 0 aliphatic heterocycles. The monoisotopic (exact) mass is 330 g/mol. The normalized spacial score (nSPS) is 23.6. The predicted molar refractivity (Wildman–Crippen MR) is 88.0 cm³/mol. The summed E-state index contributed by atoms with van der Waals surface area (Å²) in [6.45, 7) is 7.08. The molecule has 1 aliphatic carbocycles. The molecule has 0 aromatic carbocycles. The van der Waals surface area contributed by atoms with Crippen LogP contribution in [-0.2, 0) is 16.6 Å². The van der Waals surface area contributed by atoms with E-state index in [1.165, 1.54) is 17.8 Å². The Balaban J connectivity index is 1.98. The Morgan fingerprint density at radius 1 is 1.33 bits per heavy atom. The standard InChI is InChI=1S/C15H26N2O2S2/c1-11(2)16-10-14-7-8-15(20-14)21(18,19)17-13-6-4-5-12(3)9-13/h7-8,11-13,16-17H,4-6,9-10H2,1-3H3. The minimum atomic E-state index is -3.36. The van der Waals surface area contributed by atoms with Gasteiger partial charge in [-0.1, -0.05) is 33.6 Å². The fraction of sp³-hybridized carbons (Fsp3) is 0.733. The van der Waals surface area contributed by atoms with Crippen molar-refractivity contribution in [3.8, 4) is 0 Å². The van der Waals surface area contributed by atoms with E-state index in [4.69, 9.17) is 0 Å². The maximum absolute atomic E-state index is 12.4. The average Bonchev–Trinajstić information content (AvgIpc) is 2.85. The zero-order valence-electron chi connectivity index (χ0n) is 13.1. The van der Waals surface area contributed by atoms with Crippen LogP contribution in [0.2, 0.25) is 0 Å². The molecule has 1 aromatic rings. The summed E-state index contributed by atoms with van der Waals surface area (Å²) in [5.41, 5.74) is 0. The lowest BCUT2D eigenvalue weighted by atomic mass is 9.88. The summed E-state index contributed by atoms with van der Waals surface area (Å²) in [7, 11) is -3.36. The minimum absolute atomic E-state index is 0.0955. The number of sulfonamides is 1. The van der Waals surface area contributed by atoms with Gasteiger partial charge in [0.2, 0.25) is 10.0 Å². The van der Waals surface area contributed by atoms with E-state index in [1.54, 1.807) is 6.07 Å². The topological polar surface area (TPSA) is 58.2 Å². The molecule has 0 spiro atoms. The second-order valence-electron chi connectivity index (χ2n) is 6.35. The Morgan fingerprint density at radius 2 is 2.10 bits per heavy atom. The van der Waals surface area contributed by atoms with E-state index in [0.29, 0.717) is 16.2 Å². The fourth-order valence-corrected chi connectivity index (χ4v) is 5.33. The molecule has 2 atom stereocenters. The zero-order chi connectivity index (χ0) is 15.5. The summed E-state index contributed by atoms with van der Waals surface area (Å²) in [5.74, 6) is 0.612. The van der Waals surface area contributed by atoms with Crippen LogP contribution >= 0.6 is 11.3 Å². The van der Waals surface area contributed by atoms with Gasteiger partial charge in [-0.15, -0.1) is 11.3 Å². The second kappa shape index (κ2) is 7.22. The summed E-state index contributed by atoms with van der Waals surface area (Å²) in [6.07, 6.45) is 4.23. The maximum atomic E-state index is 12.4. The van der Waals surface area contributed by atoms with E-state index >= 15 is 0 Å². The van der Waals surface area contributed by atoms with Crippen molar-refractivity contribution in [1.29, 1.82) is 0 Å². The lowest BCUT2D eigenvalue weighted by Gasteiger charge is -2.26. The van der Waals surface area contributed by atoms with Crippen LogP contribution < -0.4 is 10.0 Å². The maximum Gasteiger partial charge on any atom is 0.250 e. The van der Waals surface area contributed by atoms with Crippen LogP contribution in [0.1, 0.15) is 51.3 Å². The minimum Gasteiger partial charge on any atom is -0.310 e. The smallest absolute Gasteiger partial charge is 0.250 e. The van der Waals surface area contributed by atoms with Gasteiger partial charge in [-0.2, -0.15) is 0 Å². The lowest BCUT2D eigenvalue weighted by Crippen LogP contribution is -2.37. The van der Waals surface area contributed by atoms with Crippen LogP contribution in [0.25, 0.3) is 0 Å². The van der Waals surface area contributed by atoms with Gasteiger partial charge >= 0.3 is 0 Å². The molecular weight excluding hydrogens is 304 g/mol. The molecule has 2 N–H and O–H groups in total. The molecule has 2 rings (SSSR count).